The molecule has 1 aromatic rings. The van der Waals surface area contributed by atoms with E-state index in [1.807, 2.05) is 30.4 Å². The van der Waals surface area contributed by atoms with Gasteiger partial charge in [-0.2, -0.15) is 5.10 Å². The van der Waals surface area contributed by atoms with Gasteiger partial charge >= 0.3 is 5.69 Å². The average molecular weight is 189 g/mol. The van der Waals surface area contributed by atoms with Crippen LogP contribution < -0.4 is 5.69 Å². The molecule has 0 amide bonds. The molecule has 0 radical (unpaired) electrons. The zero-order valence-corrected chi connectivity index (χ0v) is 7.90. The Kier molecular flexibility index (Phi) is 2.18. The lowest BCUT2D eigenvalue weighted by molar-refractivity contribution is 0.732. The molecule has 0 unspecified atom stereocenters. The van der Waals surface area contributed by atoms with Crippen LogP contribution in [0.5, 0.6) is 0 Å². The molecule has 4 nitrogen and oxygen atoms in total. The second kappa shape index (κ2) is 3.49. The molecule has 0 fully saturated rings. The highest BCUT2D eigenvalue weighted by atomic mass is 16.1. The van der Waals surface area contributed by atoms with E-state index >= 15 is 0 Å². The van der Waals surface area contributed by atoms with Gasteiger partial charge < -0.3 is 0 Å². The maximum Gasteiger partial charge on any atom is 0.343 e. The summed E-state index contributed by atoms with van der Waals surface area (Å²) in [4.78, 5) is 13.8. The molecule has 72 valence electrons. The van der Waals surface area contributed by atoms with Gasteiger partial charge in [0.2, 0.25) is 0 Å². The van der Waals surface area contributed by atoms with Crippen molar-refractivity contribution in [2.75, 3.05) is 0 Å². The van der Waals surface area contributed by atoms with Crippen molar-refractivity contribution >= 4 is 5.57 Å². The maximum atomic E-state index is 11.1. The van der Waals surface area contributed by atoms with E-state index in [4.69, 9.17) is 0 Å². The summed E-state index contributed by atoms with van der Waals surface area (Å²) in [7, 11) is 1.63. The Bertz CT molecular complexity index is 474. The predicted molar refractivity (Wildman–Crippen MR) is 54.7 cm³/mol. The molecular formula is C10H11N3O. The number of rotatable bonds is 1. The molecule has 1 N–H and O–H groups in total. The molecule has 0 spiro atoms. The Hall–Kier alpha value is -1.84. The number of hydrogen-bond acceptors (Lipinski definition) is 2. The molecular weight excluding hydrogens is 178 g/mol. The van der Waals surface area contributed by atoms with Crippen LogP contribution in [0.1, 0.15) is 12.2 Å². The molecule has 1 heterocycles. The molecule has 1 aliphatic rings. The van der Waals surface area contributed by atoms with Gasteiger partial charge in [0.05, 0.1) is 0 Å². The zero-order valence-electron chi connectivity index (χ0n) is 7.90. The van der Waals surface area contributed by atoms with Crippen LogP contribution in [0.3, 0.4) is 0 Å². The third kappa shape index (κ3) is 1.59. The van der Waals surface area contributed by atoms with E-state index in [2.05, 4.69) is 10.1 Å². The minimum atomic E-state index is -0.188. The first-order chi connectivity index (χ1) is 6.77. The molecule has 0 aliphatic heterocycles. The summed E-state index contributed by atoms with van der Waals surface area (Å²) in [5.74, 6) is 0.623. The lowest BCUT2D eigenvalue weighted by Gasteiger charge is -1.93. The molecule has 0 aromatic carbocycles. The minimum absolute atomic E-state index is 0.188. The summed E-state index contributed by atoms with van der Waals surface area (Å²) < 4.78 is 1.29. The number of aryl methyl sites for hydroxylation is 1. The summed E-state index contributed by atoms with van der Waals surface area (Å²) in [6, 6.07) is 0. The van der Waals surface area contributed by atoms with Crippen molar-refractivity contribution in [1.82, 2.24) is 14.8 Å². The maximum absolute atomic E-state index is 11.1. The predicted octanol–water partition coefficient (Wildman–Crippen LogP) is 1.01. The van der Waals surface area contributed by atoms with Gasteiger partial charge in [0.25, 0.3) is 0 Å². The van der Waals surface area contributed by atoms with Gasteiger partial charge in [0, 0.05) is 12.6 Å². The van der Waals surface area contributed by atoms with Crippen LogP contribution in [-0.4, -0.2) is 14.8 Å². The molecule has 0 atom stereocenters. The van der Waals surface area contributed by atoms with Gasteiger partial charge in [-0.15, -0.1) is 0 Å². The van der Waals surface area contributed by atoms with Crippen LogP contribution >= 0.6 is 0 Å². The second-order valence-electron chi connectivity index (χ2n) is 3.08. The number of aromatic amines is 1. The number of hydrogen-bond donors (Lipinski definition) is 1. The molecule has 14 heavy (non-hydrogen) atoms. The number of H-pyrrole nitrogens is 1. The summed E-state index contributed by atoms with van der Waals surface area (Å²) >= 11 is 0. The van der Waals surface area contributed by atoms with Crippen molar-refractivity contribution < 1.29 is 0 Å². The number of nitrogens with one attached hydrogen (secondary N) is 1. The van der Waals surface area contributed by atoms with Crippen LogP contribution in [-0.2, 0) is 7.05 Å². The minimum Gasteiger partial charge on any atom is -0.289 e. The van der Waals surface area contributed by atoms with E-state index < -0.39 is 0 Å². The number of nitrogens with zero attached hydrogens (tertiary/aromatic N) is 2. The van der Waals surface area contributed by atoms with E-state index in [-0.39, 0.29) is 5.69 Å². The van der Waals surface area contributed by atoms with E-state index in [0.29, 0.717) is 5.82 Å². The fourth-order valence-electron chi connectivity index (χ4n) is 1.29. The van der Waals surface area contributed by atoms with Gasteiger partial charge in [-0.1, -0.05) is 30.4 Å². The topological polar surface area (TPSA) is 50.7 Å². The Morgan fingerprint density at radius 2 is 2.36 bits per heavy atom. The fraction of sp³-hybridized carbons (Fsp3) is 0.200. The summed E-state index contributed by atoms with van der Waals surface area (Å²) in [5, 5.41) is 4.08. The van der Waals surface area contributed by atoms with Gasteiger partial charge in [-0.3, -0.25) is 4.98 Å². The van der Waals surface area contributed by atoms with E-state index in [1.54, 1.807) is 7.05 Å². The third-order valence-electron chi connectivity index (χ3n) is 2.04. The van der Waals surface area contributed by atoms with Gasteiger partial charge in [-0.25, -0.2) is 9.48 Å². The summed E-state index contributed by atoms with van der Waals surface area (Å²) in [5.41, 5.74) is 0.763. The average Bonchev–Trinajstić information content (AvgIpc) is 2.46. The lowest BCUT2D eigenvalue weighted by atomic mass is 10.2. The zero-order chi connectivity index (χ0) is 9.97. The van der Waals surface area contributed by atoms with Crippen molar-refractivity contribution in [3.05, 3.63) is 46.7 Å². The first-order valence-corrected chi connectivity index (χ1v) is 4.44. The standard InChI is InChI=1S/C10H11N3O/c1-13-10(14)11-9(12-13)8-6-4-2-3-5-7-8/h2-4,6-7H,5H2,1H3,(H,11,12,14). The van der Waals surface area contributed by atoms with Crippen molar-refractivity contribution in [3.63, 3.8) is 0 Å². The third-order valence-corrected chi connectivity index (χ3v) is 2.04. The molecule has 1 aromatic heterocycles. The normalized spacial score (nSPS) is 15.4. The fourth-order valence-corrected chi connectivity index (χ4v) is 1.29. The largest absolute Gasteiger partial charge is 0.343 e. The van der Waals surface area contributed by atoms with Crippen molar-refractivity contribution in [2.45, 2.75) is 6.42 Å². The Labute approximate surface area is 81.3 Å². The second-order valence-corrected chi connectivity index (χ2v) is 3.08. The van der Waals surface area contributed by atoms with Crippen molar-refractivity contribution in [2.24, 2.45) is 7.05 Å². The number of allylic oxidation sites excluding steroid dienone is 6. The van der Waals surface area contributed by atoms with Gasteiger partial charge in [0.15, 0.2) is 5.82 Å². The Morgan fingerprint density at radius 1 is 1.50 bits per heavy atom. The SMILES string of the molecule is Cn1nc(C2=CCC=CC=C2)[nH]c1=O. The van der Waals surface area contributed by atoms with E-state index in [9.17, 15) is 4.79 Å². The summed E-state index contributed by atoms with van der Waals surface area (Å²) in [6.45, 7) is 0. The quantitative estimate of drug-likeness (QED) is 0.716. The highest BCUT2D eigenvalue weighted by molar-refractivity contribution is 5.70. The molecule has 0 bridgehead atoms. The smallest absolute Gasteiger partial charge is 0.289 e. The molecule has 0 saturated heterocycles. The molecule has 2 rings (SSSR count). The van der Waals surface area contributed by atoms with Crippen LogP contribution in [0, 0.1) is 0 Å². The Morgan fingerprint density at radius 3 is 3.07 bits per heavy atom. The van der Waals surface area contributed by atoms with Gasteiger partial charge in [-0.05, 0) is 6.42 Å². The first kappa shape index (κ1) is 8.74. The van der Waals surface area contributed by atoms with E-state index in [1.165, 1.54) is 4.68 Å². The van der Waals surface area contributed by atoms with Crippen molar-refractivity contribution in [3.8, 4) is 0 Å². The summed E-state index contributed by atoms with van der Waals surface area (Å²) in [6.07, 6.45) is 10.8. The molecule has 4 heteroatoms. The van der Waals surface area contributed by atoms with Crippen LogP contribution in [0.4, 0.5) is 0 Å². The van der Waals surface area contributed by atoms with E-state index in [0.717, 1.165) is 12.0 Å². The Balaban J connectivity index is 2.40. The number of aromatic nitrogens is 3. The van der Waals surface area contributed by atoms with Crippen molar-refractivity contribution in [1.29, 1.82) is 0 Å². The highest BCUT2D eigenvalue weighted by Gasteiger charge is 2.04. The van der Waals surface area contributed by atoms with Gasteiger partial charge in [0.1, 0.15) is 0 Å². The van der Waals surface area contributed by atoms with Crippen LogP contribution in [0.15, 0.2) is 35.2 Å². The lowest BCUT2D eigenvalue weighted by Crippen LogP contribution is -2.13. The first-order valence-electron chi connectivity index (χ1n) is 4.44. The van der Waals surface area contributed by atoms with Crippen LogP contribution in [0.2, 0.25) is 0 Å². The molecule has 0 saturated carbocycles. The molecule has 1 aliphatic carbocycles. The highest BCUT2D eigenvalue weighted by Crippen LogP contribution is 2.13. The van der Waals surface area contributed by atoms with Crippen LogP contribution in [0.25, 0.3) is 5.57 Å². The monoisotopic (exact) mass is 189 g/mol.